The predicted molar refractivity (Wildman–Crippen MR) is 62.9 cm³/mol. The second kappa shape index (κ2) is 6.27. The minimum absolute atomic E-state index is 0.521. The minimum Gasteiger partial charge on any atom is -0.330 e. The molecule has 0 spiro atoms. The van der Waals surface area contributed by atoms with Gasteiger partial charge in [0.2, 0.25) is 0 Å². The van der Waals surface area contributed by atoms with E-state index in [4.69, 9.17) is 17.3 Å². The van der Waals surface area contributed by atoms with Crippen LogP contribution in [0.25, 0.3) is 0 Å². The molecule has 0 radical (unpaired) electrons. The van der Waals surface area contributed by atoms with Crippen molar-refractivity contribution in [3.63, 3.8) is 0 Å². The number of nitrogens with two attached hydrogens (primary N) is 1. The standard InChI is InChI=1S/C10H15ClN2S/c1-2-8(5-6-12)14-10-9(11)4-3-7-13-10/h3-4,7-8H,2,5-6,12H2,1H3. The molecule has 4 heteroatoms. The lowest BCUT2D eigenvalue weighted by Crippen LogP contribution is -2.09. The summed E-state index contributed by atoms with van der Waals surface area (Å²) in [6.45, 7) is 2.88. The van der Waals surface area contributed by atoms with Crippen LogP contribution in [0.3, 0.4) is 0 Å². The zero-order valence-electron chi connectivity index (χ0n) is 8.24. The molecule has 2 N–H and O–H groups in total. The van der Waals surface area contributed by atoms with E-state index in [1.54, 1.807) is 18.0 Å². The molecule has 0 aliphatic carbocycles. The first-order valence-corrected chi connectivity index (χ1v) is 6.01. The SMILES string of the molecule is CCC(CCN)Sc1ncccc1Cl. The van der Waals surface area contributed by atoms with Gasteiger partial charge in [-0.25, -0.2) is 4.98 Å². The molecule has 1 atom stereocenters. The Labute approximate surface area is 94.2 Å². The highest BCUT2D eigenvalue weighted by atomic mass is 35.5. The Kier molecular flexibility index (Phi) is 5.30. The highest BCUT2D eigenvalue weighted by Gasteiger charge is 2.10. The monoisotopic (exact) mass is 230 g/mol. The molecule has 2 nitrogen and oxygen atoms in total. The van der Waals surface area contributed by atoms with Crippen molar-refractivity contribution < 1.29 is 0 Å². The summed E-state index contributed by atoms with van der Waals surface area (Å²) in [4.78, 5) is 4.24. The van der Waals surface area contributed by atoms with Crippen molar-refractivity contribution >= 4 is 23.4 Å². The van der Waals surface area contributed by atoms with Gasteiger partial charge in [0.15, 0.2) is 0 Å². The van der Waals surface area contributed by atoms with Crippen LogP contribution in [-0.4, -0.2) is 16.8 Å². The smallest absolute Gasteiger partial charge is 0.115 e. The van der Waals surface area contributed by atoms with E-state index < -0.39 is 0 Å². The molecular formula is C10H15ClN2S. The minimum atomic E-state index is 0.521. The van der Waals surface area contributed by atoms with Gasteiger partial charge in [-0.05, 0) is 31.5 Å². The first kappa shape index (κ1) is 11.8. The van der Waals surface area contributed by atoms with Gasteiger partial charge >= 0.3 is 0 Å². The molecule has 1 aromatic heterocycles. The van der Waals surface area contributed by atoms with E-state index in [1.807, 2.05) is 12.1 Å². The molecule has 1 unspecified atom stereocenters. The third kappa shape index (κ3) is 3.48. The quantitative estimate of drug-likeness (QED) is 0.791. The third-order valence-corrected chi connectivity index (χ3v) is 3.81. The van der Waals surface area contributed by atoms with Gasteiger partial charge in [0.1, 0.15) is 5.03 Å². The number of halogens is 1. The van der Waals surface area contributed by atoms with Crippen LogP contribution in [0.5, 0.6) is 0 Å². The van der Waals surface area contributed by atoms with E-state index in [0.717, 1.165) is 29.4 Å². The van der Waals surface area contributed by atoms with E-state index in [9.17, 15) is 0 Å². The highest BCUT2D eigenvalue weighted by Crippen LogP contribution is 2.30. The number of hydrogen-bond acceptors (Lipinski definition) is 3. The maximum atomic E-state index is 6.01. The van der Waals surface area contributed by atoms with Crippen molar-refractivity contribution in [3.05, 3.63) is 23.4 Å². The highest BCUT2D eigenvalue weighted by molar-refractivity contribution is 8.00. The van der Waals surface area contributed by atoms with Crippen molar-refractivity contribution in [3.8, 4) is 0 Å². The Bertz CT molecular complexity index is 281. The van der Waals surface area contributed by atoms with Crippen LogP contribution in [0.1, 0.15) is 19.8 Å². The van der Waals surface area contributed by atoms with E-state index in [0.29, 0.717) is 5.25 Å². The lowest BCUT2D eigenvalue weighted by Gasteiger charge is -2.12. The summed E-state index contributed by atoms with van der Waals surface area (Å²) in [6.07, 6.45) is 3.87. The van der Waals surface area contributed by atoms with Gasteiger partial charge in [0.25, 0.3) is 0 Å². The summed E-state index contributed by atoms with van der Waals surface area (Å²) in [5.41, 5.74) is 5.53. The molecule has 0 amide bonds. The Morgan fingerprint density at radius 3 is 3.00 bits per heavy atom. The number of aromatic nitrogens is 1. The zero-order valence-corrected chi connectivity index (χ0v) is 9.81. The molecule has 0 saturated carbocycles. The Morgan fingerprint density at radius 1 is 1.64 bits per heavy atom. The van der Waals surface area contributed by atoms with Crippen LogP contribution in [0.2, 0.25) is 5.02 Å². The average Bonchev–Trinajstić information content (AvgIpc) is 2.20. The summed E-state index contributed by atoms with van der Waals surface area (Å²) < 4.78 is 0. The van der Waals surface area contributed by atoms with Gasteiger partial charge in [-0.1, -0.05) is 18.5 Å². The molecule has 0 aliphatic rings. The summed E-state index contributed by atoms with van der Waals surface area (Å²) in [5.74, 6) is 0. The normalized spacial score (nSPS) is 12.8. The average molecular weight is 231 g/mol. The molecule has 0 aromatic carbocycles. The van der Waals surface area contributed by atoms with Crippen LogP contribution in [-0.2, 0) is 0 Å². The Hall–Kier alpha value is -0.250. The molecule has 0 aliphatic heterocycles. The van der Waals surface area contributed by atoms with Crippen LogP contribution in [0.15, 0.2) is 23.4 Å². The van der Waals surface area contributed by atoms with E-state index in [2.05, 4.69) is 11.9 Å². The largest absolute Gasteiger partial charge is 0.330 e. The molecule has 1 heterocycles. The summed E-state index contributed by atoms with van der Waals surface area (Å²) >= 11 is 7.73. The molecule has 1 rings (SSSR count). The summed E-state index contributed by atoms with van der Waals surface area (Å²) in [7, 11) is 0. The van der Waals surface area contributed by atoms with E-state index in [1.165, 1.54) is 0 Å². The first-order chi connectivity index (χ1) is 6.77. The Morgan fingerprint density at radius 2 is 2.43 bits per heavy atom. The van der Waals surface area contributed by atoms with E-state index in [-0.39, 0.29) is 0 Å². The van der Waals surface area contributed by atoms with Crippen molar-refractivity contribution in [2.24, 2.45) is 5.73 Å². The summed E-state index contributed by atoms with van der Waals surface area (Å²) in [6, 6.07) is 3.71. The van der Waals surface area contributed by atoms with Crippen molar-refractivity contribution in [2.75, 3.05) is 6.54 Å². The fourth-order valence-electron chi connectivity index (χ4n) is 1.15. The Balaban J connectivity index is 2.62. The maximum Gasteiger partial charge on any atom is 0.115 e. The van der Waals surface area contributed by atoms with Crippen LogP contribution in [0.4, 0.5) is 0 Å². The first-order valence-electron chi connectivity index (χ1n) is 4.75. The predicted octanol–water partition coefficient (Wildman–Crippen LogP) is 2.95. The fourth-order valence-corrected chi connectivity index (χ4v) is 2.44. The van der Waals surface area contributed by atoms with Crippen LogP contribution < -0.4 is 5.73 Å². The van der Waals surface area contributed by atoms with Gasteiger partial charge in [-0.2, -0.15) is 0 Å². The lowest BCUT2D eigenvalue weighted by atomic mass is 10.2. The topological polar surface area (TPSA) is 38.9 Å². The molecule has 1 aromatic rings. The van der Waals surface area contributed by atoms with Gasteiger partial charge < -0.3 is 5.73 Å². The fraction of sp³-hybridized carbons (Fsp3) is 0.500. The number of rotatable bonds is 5. The van der Waals surface area contributed by atoms with Crippen LogP contribution >= 0.6 is 23.4 Å². The number of nitrogens with zero attached hydrogens (tertiary/aromatic N) is 1. The maximum absolute atomic E-state index is 6.01. The molecule has 0 fully saturated rings. The second-order valence-corrected chi connectivity index (χ2v) is 4.71. The molecule has 78 valence electrons. The summed E-state index contributed by atoms with van der Waals surface area (Å²) in [5, 5.41) is 2.16. The molecule has 0 bridgehead atoms. The van der Waals surface area contributed by atoms with Crippen molar-refractivity contribution in [1.82, 2.24) is 4.98 Å². The molecular weight excluding hydrogens is 216 g/mol. The third-order valence-electron chi connectivity index (χ3n) is 1.95. The van der Waals surface area contributed by atoms with Crippen molar-refractivity contribution in [1.29, 1.82) is 0 Å². The lowest BCUT2D eigenvalue weighted by molar-refractivity contribution is 0.744. The van der Waals surface area contributed by atoms with Crippen molar-refractivity contribution in [2.45, 2.75) is 30.0 Å². The van der Waals surface area contributed by atoms with Gasteiger partial charge in [-0.15, -0.1) is 11.8 Å². The second-order valence-electron chi connectivity index (χ2n) is 3.02. The molecule has 14 heavy (non-hydrogen) atoms. The van der Waals surface area contributed by atoms with Gasteiger partial charge in [-0.3, -0.25) is 0 Å². The number of thioether (sulfide) groups is 1. The zero-order chi connectivity index (χ0) is 10.4. The van der Waals surface area contributed by atoms with Gasteiger partial charge in [0, 0.05) is 11.4 Å². The van der Waals surface area contributed by atoms with E-state index >= 15 is 0 Å². The molecule has 0 saturated heterocycles. The van der Waals surface area contributed by atoms with Crippen LogP contribution in [0, 0.1) is 0 Å². The van der Waals surface area contributed by atoms with Gasteiger partial charge in [0.05, 0.1) is 5.02 Å². The number of pyridine rings is 1. The number of hydrogen-bond donors (Lipinski definition) is 1.